The fourth-order valence-electron chi connectivity index (χ4n) is 1.62. The summed E-state index contributed by atoms with van der Waals surface area (Å²) in [6.07, 6.45) is 5.59. The average molecular weight is 240 g/mol. The van der Waals surface area contributed by atoms with Crippen molar-refractivity contribution in [1.29, 1.82) is 0 Å². The van der Waals surface area contributed by atoms with Crippen molar-refractivity contribution in [3.05, 3.63) is 54.9 Å². The third-order valence-corrected chi connectivity index (χ3v) is 2.55. The highest BCUT2D eigenvalue weighted by Gasteiger charge is 2.14. The Morgan fingerprint density at radius 3 is 2.50 bits per heavy atom. The van der Waals surface area contributed by atoms with Crippen molar-refractivity contribution in [2.75, 3.05) is 0 Å². The molecule has 0 fully saturated rings. The van der Waals surface area contributed by atoms with E-state index >= 15 is 0 Å². The van der Waals surface area contributed by atoms with Gasteiger partial charge in [-0.2, -0.15) is 0 Å². The van der Waals surface area contributed by atoms with Gasteiger partial charge in [-0.05, 0) is 12.0 Å². The van der Waals surface area contributed by atoms with Crippen LogP contribution in [-0.2, 0) is 6.42 Å². The molecule has 2 aromatic rings. The lowest BCUT2D eigenvalue weighted by Gasteiger charge is -2.04. The van der Waals surface area contributed by atoms with E-state index in [0.29, 0.717) is 5.69 Å². The third kappa shape index (κ3) is 2.82. The maximum absolute atomic E-state index is 9.05. The van der Waals surface area contributed by atoms with Crippen molar-refractivity contribution in [3.8, 4) is 11.3 Å². The minimum atomic E-state index is -1.60. The Balaban J connectivity index is 2.30. The second kappa shape index (κ2) is 5.57. The molecule has 0 spiro atoms. The minimum Gasteiger partial charge on any atom is -0.422 e. The molecule has 5 heteroatoms. The van der Waals surface area contributed by atoms with Crippen molar-refractivity contribution in [1.82, 2.24) is 9.97 Å². The maximum atomic E-state index is 9.05. The minimum absolute atomic E-state index is 0.141. The smallest absolute Gasteiger partial charge is 0.422 e. The Morgan fingerprint density at radius 1 is 1.17 bits per heavy atom. The van der Waals surface area contributed by atoms with Gasteiger partial charge in [-0.15, -0.1) is 6.58 Å². The second-order valence-electron chi connectivity index (χ2n) is 3.89. The number of hydrogen-bond donors (Lipinski definition) is 2. The molecule has 2 N–H and O–H groups in total. The topological polar surface area (TPSA) is 66.2 Å². The Kier molecular flexibility index (Phi) is 3.87. The van der Waals surface area contributed by atoms with Crippen LogP contribution in [0.25, 0.3) is 11.3 Å². The number of benzene rings is 1. The Hall–Kier alpha value is -1.98. The van der Waals surface area contributed by atoms with Crippen LogP contribution < -0.4 is 5.59 Å². The molecule has 4 nitrogen and oxygen atoms in total. The zero-order valence-electron chi connectivity index (χ0n) is 9.82. The quantitative estimate of drug-likeness (QED) is 0.605. The zero-order valence-corrected chi connectivity index (χ0v) is 9.82. The van der Waals surface area contributed by atoms with E-state index in [0.717, 1.165) is 12.0 Å². The van der Waals surface area contributed by atoms with Gasteiger partial charge in [0.25, 0.3) is 0 Å². The molecule has 0 aliphatic rings. The zero-order chi connectivity index (χ0) is 13.0. The monoisotopic (exact) mass is 240 g/mol. The summed E-state index contributed by atoms with van der Waals surface area (Å²) in [6, 6.07) is 7.83. The molecular weight excluding hydrogens is 227 g/mol. The van der Waals surface area contributed by atoms with Gasteiger partial charge in [0.15, 0.2) is 0 Å². The lowest BCUT2D eigenvalue weighted by molar-refractivity contribution is 0.424. The Morgan fingerprint density at radius 2 is 1.89 bits per heavy atom. The van der Waals surface area contributed by atoms with Crippen LogP contribution in [0.4, 0.5) is 0 Å². The van der Waals surface area contributed by atoms with Crippen molar-refractivity contribution < 1.29 is 10.0 Å². The van der Waals surface area contributed by atoms with Gasteiger partial charge in [0.1, 0.15) is 0 Å². The van der Waals surface area contributed by atoms with Crippen molar-refractivity contribution in [3.63, 3.8) is 0 Å². The standard InChI is InChI=1S/C13H13BN2O2/c1-2-3-10-4-6-11(7-5-10)12-8-15-9-13(16-12)14(17)18/h2,4-9,17-18H,1,3H2. The highest BCUT2D eigenvalue weighted by atomic mass is 16.4. The first kappa shape index (κ1) is 12.5. The number of aromatic nitrogens is 2. The van der Waals surface area contributed by atoms with Crippen molar-refractivity contribution in [2.24, 2.45) is 0 Å². The third-order valence-electron chi connectivity index (χ3n) is 2.55. The Bertz CT molecular complexity index is 541. The molecular formula is C13H13BN2O2. The van der Waals surface area contributed by atoms with Crippen LogP contribution in [0.15, 0.2) is 49.3 Å². The van der Waals surface area contributed by atoms with Crippen LogP contribution in [0.3, 0.4) is 0 Å². The number of hydrogen-bond acceptors (Lipinski definition) is 4. The van der Waals surface area contributed by atoms with E-state index in [4.69, 9.17) is 10.0 Å². The molecule has 0 amide bonds. The van der Waals surface area contributed by atoms with Gasteiger partial charge in [0.05, 0.1) is 17.5 Å². The lowest BCUT2D eigenvalue weighted by atomic mass is 9.86. The summed E-state index contributed by atoms with van der Waals surface area (Å²) in [5, 5.41) is 18.1. The van der Waals surface area contributed by atoms with E-state index in [1.807, 2.05) is 30.3 Å². The van der Waals surface area contributed by atoms with Crippen LogP contribution in [0, 0.1) is 0 Å². The van der Waals surface area contributed by atoms with Gasteiger partial charge in [-0.3, -0.25) is 9.97 Å². The molecule has 1 heterocycles. The molecule has 0 radical (unpaired) electrons. The fourth-order valence-corrected chi connectivity index (χ4v) is 1.62. The van der Waals surface area contributed by atoms with Crippen LogP contribution in [-0.4, -0.2) is 27.1 Å². The molecule has 0 saturated carbocycles. The largest absolute Gasteiger partial charge is 0.509 e. The van der Waals surface area contributed by atoms with E-state index in [9.17, 15) is 0 Å². The number of allylic oxidation sites excluding steroid dienone is 1. The average Bonchev–Trinajstić information content (AvgIpc) is 2.40. The van der Waals surface area contributed by atoms with E-state index < -0.39 is 7.12 Å². The molecule has 0 atom stereocenters. The summed E-state index contributed by atoms with van der Waals surface area (Å²) in [4.78, 5) is 8.08. The first-order chi connectivity index (χ1) is 8.70. The molecule has 0 bridgehead atoms. The Labute approximate surface area is 106 Å². The van der Waals surface area contributed by atoms with Crippen molar-refractivity contribution >= 4 is 12.7 Å². The molecule has 0 aliphatic heterocycles. The van der Waals surface area contributed by atoms with Crippen molar-refractivity contribution in [2.45, 2.75) is 6.42 Å². The van der Waals surface area contributed by atoms with Gasteiger partial charge < -0.3 is 10.0 Å². The van der Waals surface area contributed by atoms with E-state index in [1.54, 1.807) is 6.20 Å². The SMILES string of the molecule is C=CCc1ccc(-c2cncc(B(O)O)n2)cc1. The van der Waals surface area contributed by atoms with Crippen LogP contribution in [0.5, 0.6) is 0 Å². The lowest BCUT2D eigenvalue weighted by Crippen LogP contribution is -2.33. The first-order valence-corrected chi connectivity index (χ1v) is 5.59. The van der Waals surface area contributed by atoms with Gasteiger partial charge in [0.2, 0.25) is 0 Å². The van der Waals surface area contributed by atoms with Gasteiger partial charge in [-0.1, -0.05) is 30.3 Å². The molecule has 1 aromatic heterocycles. The van der Waals surface area contributed by atoms with Crippen LogP contribution in [0.1, 0.15) is 5.56 Å². The molecule has 0 aliphatic carbocycles. The molecule has 1 aromatic carbocycles. The van der Waals surface area contributed by atoms with E-state index in [-0.39, 0.29) is 5.59 Å². The normalized spacial score (nSPS) is 10.1. The summed E-state index contributed by atoms with van der Waals surface area (Å²) >= 11 is 0. The highest BCUT2D eigenvalue weighted by molar-refractivity contribution is 6.57. The molecule has 18 heavy (non-hydrogen) atoms. The molecule has 0 unspecified atom stereocenters. The molecule has 0 saturated heterocycles. The summed E-state index contributed by atoms with van der Waals surface area (Å²) in [6.45, 7) is 3.69. The van der Waals surface area contributed by atoms with Gasteiger partial charge >= 0.3 is 7.12 Å². The predicted molar refractivity (Wildman–Crippen MR) is 71.2 cm³/mol. The summed E-state index contributed by atoms with van der Waals surface area (Å²) in [5.41, 5.74) is 2.81. The maximum Gasteiger partial charge on any atom is 0.509 e. The van der Waals surface area contributed by atoms with Crippen LogP contribution >= 0.6 is 0 Å². The molecule has 90 valence electrons. The predicted octanol–water partition coefficient (Wildman–Crippen LogP) is 0.552. The summed E-state index contributed by atoms with van der Waals surface area (Å²) in [5.74, 6) is 0. The van der Waals surface area contributed by atoms with Crippen LogP contribution in [0.2, 0.25) is 0 Å². The fraction of sp³-hybridized carbons (Fsp3) is 0.0769. The van der Waals surface area contributed by atoms with E-state index in [2.05, 4.69) is 16.5 Å². The second-order valence-corrected chi connectivity index (χ2v) is 3.89. The van der Waals surface area contributed by atoms with E-state index in [1.165, 1.54) is 11.8 Å². The molecule has 2 rings (SSSR count). The number of nitrogens with zero attached hydrogens (tertiary/aromatic N) is 2. The highest BCUT2D eigenvalue weighted by Crippen LogP contribution is 2.16. The summed E-state index contributed by atoms with van der Waals surface area (Å²) < 4.78 is 0. The van der Waals surface area contributed by atoms with Gasteiger partial charge in [-0.25, -0.2) is 0 Å². The first-order valence-electron chi connectivity index (χ1n) is 5.59. The number of rotatable bonds is 4. The summed E-state index contributed by atoms with van der Waals surface area (Å²) in [7, 11) is -1.60. The van der Waals surface area contributed by atoms with Gasteiger partial charge in [0, 0.05) is 11.8 Å².